The van der Waals surface area contributed by atoms with Crippen LogP contribution in [0.4, 0.5) is 20.6 Å². The van der Waals surface area contributed by atoms with Crippen molar-refractivity contribution in [1.29, 1.82) is 0 Å². The molecule has 0 saturated carbocycles. The number of rotatable bonds is 2. The first kappa shape index (κ1) is 13.3. The number of hydrogen-bond donors (Lipinski definition) is 1. The topological polar surface area (TPSA) is 75.5 Å². The number of piperidine rings is 1. The van der Waals surface area contributed by atoms with Crippen molar-refractivity contribution in [2.75, 3.05) is 18.4 Å². The average molecular weight is 267 g/mol. The zero-order valence-electron chi connectivity index (χ0n) is 10.3. The molecule has 2 rings (SSSR count). The number of likely N-dealkylation sites (tertiary alicyclic amines) is 1. The second-order valence-electron chi connectivity index (χ2n) is 4.43. The predicted octanol–water partition coefficient (Wildman–Crippen LogP) is 2.75. The van der Waals surface area contributed by atoms with Crippen molar-refractivity contribution >= 4 is 17.4 Å². The largest absolute Gasteiger partial charge is 0.325 e. The Morgan fingerprint density at radius 3 is 2.58 bits per heavy atom. The van der Waals surface area contributed by atoms with Gasteiger partial charge in [0.25, 0.3) is 5.69 Å². The van der Waals surface area contributed by atoms with Crippen LogP contribution < -0.4 is 5.32 Å². The number of carbonyl (C=O) groups is 1. The molecule has 1 N–H and O–H groups in total. The fraction of sp³-hybridized carbons (Fsp3) is 0.417. The first-order chi connectivity index (χ1) is 9.06. The normalized spacial score (nSPS) is 15.1. The van der Waals surface area contributed by atoms with Crippen LogP contribution in [0.1, 0.15) is 19.3 Å². The maximum atomic E-state index is 13.2. The van der Waals surface area contributed by atoms with Crippen molar-refractivity contribution in [3.8, 4) is 0 Å². The van der Waals surface area contributed by atoms with Gasteiger partial charge in [0, 0.05) is 19.2 Å². The minimum atomic E-state index is -0.747. The summed E-state index contributed by atoms with van der Waals surface area (Å²) >= 11 is 0. The molecule has 6 nitrogen and oxygen atoms in total. The number of urea groups is 1. The first-order valence-corrected chi connectivity index (χ1v) is 6.07. The van der Waals surface area contributed by atoms with Gasteiger partial charge in [-0.25, -0.2) is 9.18 Å². The third kappa shape index (κ3) is 3.40. The summed E-state index contributed by atoms with van der Waals surface area (Å²) in [5.41, 5.74) is -0.281. The van der Waals surface area contributed by atoms with E-state index in [1.165, 1.54) is 0 Å². The third-order valence-corrected chi connectivity index (χ3v) is 2.99. The Kier molecular flexibility index (Phi) is 3.94. The number of nitro benzene ring substituents is 1. The van der Waals surface area contributed by atoms with Gasteiger partial charge in [-0.15, -0.1) is 0 Å². The summed E-state index contributed by atoms with van der Waals surface area (Å²) in [5, 5.41) is 13.1. The quantitative estimate of drug-likeness (QED) is 0.661. The lowest BCUT2D eigenvalue weighted by Gasteiger charge is -2.26. The minimum absolute atomic E-state index is 0.0993. The van der Waals surface area contributed by atoms with Crippen LogP contribution in [0.25, 0.3) is 0 Å². The summed E-state index contributed by atoms with van der Waals surface area (Å²) in [7, 11) is 0. The molecule has 1 aliphatic rings. The van der Waals surface area contributed by atoms with E-state index in [1.807, 2.05) is 0 Å². The van der Waals surface area contributed by atoms with Crippen LogP contribution in [0.2, 0.25) is 0 Å². The Morgan fingerprint density at radius 2 is 1.95 bits per heavy atom. The van der Waals surface area contributed by atoms with Crippen molar-refractivity contribution in [3.05, 3.63) is 34.1 Å². The molecule has 1 aromatic rings. The van der Waals surface area contributed by atoms with Gasteiger partial charge in [-0.1, -0.05) is 0 Å². The van der Waals surface area contributed by atoms with E-state index in [9.17, 15) is 19.3 Å². The molecule has 7 heteroatoms. The van der Waals surface area contributed by atoms with Gasteiger partial charge in [-0.3, -0.25) is 10.1 Å². The van der Waals surface area contributed by atoms with E-state index in [2.05, 4.69) is 5.32 Å². The highest BCUT2D eigenvalue weighted by Crippen LogP contribution is 2.20. The van der Waals surface area contributed by atoms with Crippen molar-refractivity contribution < 1.29 is 14.1 Å². The minimum Gasteiger partial charge on any atom is -0.325 e. The van der Waals surface area contributed by atoms with Crippen molar-refractivity contribution in [2.24, 2.45) is 0 Å². The first-order valence-electron chi connectivity index (χ1n) is 6.07. The van der Waals surface area contributed by atoms with Gasteiger partial charge in [0.1, 0.15) is 5.82 Å². The van der Waals surface area contributed by atoms with Crippen molar-refractivity contribution in [2.45, 2.75) is 19.3 Å². The molecule has 0 aromatic heterocycles. The lowest BCUT2D eigenvalue weighted by atomic mass is 10.1. The van der Waals surface area contributed by atoms with Crippen LogP contribution in [0.15, 0.2) is 18.2 Å². The average Bonchev–Trinajstić information content (AvgIpc) is 2.39. The van der Waals surface area contributed by atoms with Crippen LogP contribution in [0.3, 0.4) is 0 Å². The number of amides is 2. The zero-order chi connectivity index (χ0) is 13.8. The van der Waals surface area contributed by atoms with Gasteiger partial charge in [0.2, 0.25) is 0 Å². The molecule has 0 bridgehead atoms. The maximum absolute atomic E-state index is 13.2. The van der Waals surface area contributed by atoms with E-state index in [1.54, 1.807) is 4.90 Å². The summed E-state index contributed by atoms with van der Waals surface area (Å²) in [5.74, 6) is -0.747. The van der Waals surface area contributed by atoms with Crippen LogP contribution in [-0.4, -0.2) is 28.9 Å². The molecule has 0 spiro atoms. The highest BCUT2D eigenvalue weighted by atomic mass is 19.1. The Hall–Kier alpha value is -2.18. The molecule has 102 valence electrons. The fourth-order valence-electron chi connectivity index (χ4n) is 2.05. The standard InChI is InChI=1S/C12H14FN3O3/c13-9-6-10(8-11(7-9)16(18)19)14-12(17)15-4-2-1-3-5-15/h6-8H,1-5H2,(H,14,17). The van der Waals surface area contributed by atoms with Crippen molar-refractivity contribution in [1.82, 2.24) is 4.90 Å². The highest BCUT2D eigenvalue weighted by Gasteiger charge is 2.18. The number of nitro groups is 1. The number of nitrogens with one attached hydrogen (secondary N) is 1. The van der Waals surface area contributed by atoms with Gasteiger partial charge in [0.15, 0.2) is 0 Å². The summed E-state index contributed by atoms with van der Waals surface area (Å²) in [4.78, 5) is 23.4. The third-order valence-electron chi connectivity index (χ3n) is 2.99. The van der Waals surface area contributed by atoms with Crippen LogP contribution >= 0.6 is 0 Å². The molecule has 0 radical (unpaired) electrons. The molecular weight excluding hydrogens is 253 g/mol. The summed E-state index contributed by atoms with van der Waals surface area (Å²) < 4.78 is 13.2. The molecule has 1 fully saturated rings. The smallest absolute Gasteiger partial charge is 0.321 e. The van der Waals surface area contributed by atoms with Crippen LogP contribution in [0.5, 0.6) is 0 Å². The SMILES string of the molecule is O=C(Nc1cc(F)cc([N+](=O)[O-])c1)N1CCCCC1. The van der Waals surface area contributed by atoms with Gasteiger partial charge < -0.3 is 10.2 Å². The van der Waals surface area contributed by atoms with Crippen LogP contribution in [-0.2, 0) is 0 Å². The molecular formula is C12H14FN3O3. The van der Waals surface area contributed by atoms with E-state index in [4.69, 9.17) is 0 Å². The molecule has 0 unspecified atom stereocenters. The number of non-ortho nitro benzene ring substituents is 1. The van der Waals surface area contributed by atoms with Gasteiger partial charge in [0.05, 0.1) is 16.7 Å². The second kappa shape index (κ2) is 5.64. The Bertz CT molecular complexity index is 501. The van der Waals surface area contributed by atoms with E-state index in [0.29, 0.717) is 13.1 Å². The molecule has 0 aliphatic carbocycles. The van der Waals surface area contributed by atoms with Crippen LogP contribution in [0, 0.1) is 15.9 Å². The summed E-state index contributed by atoms with van der Waals surface area (Å²) in [6.07, 6.45) is 2.97. The molecule has 0 atom stereocenters. The number of carbonyl (C=O) groups excluding carboxylic acids is 1. The molecule has 1 heterocycles. The van der Waals surface area contributed by atoms with Gasteiger partial charge in [-0.05, 0) is 25.3 Å². The molecule has 1 aromatic carbocycles. The summed E-state index contributed by atoms with van der Waals surface area (Å²) in [6, 6.07) is 2.68. The monoisotopic (exact) mass is 267 g/mol. The van der Waals surface area contributed by atoms with Gasteiger partial charge in [-0.2, -0.15) is 0 Å². The lowest BCUT2D eigenvalue weighted by Crippen LogP contribution is -2.38. The Labute approximate surface area is 109 Å². The number of hydrogen-bond acceptors (Lipinski definition) is 3. The predicted molar refractivity (Wildman–Crippen MR) is 67.5 cm³/mol. The highest BCUT2D eigenvalue weighted by molar-refractivity contribution is 5.89. The van der Waals surface area contributed by atoms with E-state index < -0.39 is 10.7 Å². The van der Waals surface area contributed by atoms with E-state index in [-0.39, 0.29) is 17.4 Å². The molecule has 2 amide bonds. The number of nitrogens with zero attached hydrogens (tertiary/aromatic N) is 2. The number of benzene rings is 1. The number of halogens is 1. The lowest BCUT2D eigenvalue weighted by molar-refractivity contribution is -0.385. The van der Waals surface area contributed by atoms with Gasteiger partial charge >= 0.3 is 6.03 Å². The van der Waals surface area contributed by atoms with E-state index in [0.717, 1.165) is 37.5 Å². The number of anilines is 1. The summed E-state index contributed by atoms with van der Waals surface area (Å²) in [6.45, 7) is 1.31. The molecule has 1 aliphatic heterocycles. The van der Waals surface area contributed by atoms with Crippen molar-refractivity contribution in [3.63, 3.8) is 0 Å². The zero-order valence-corrected chi connectivity index (χ0v) is 10.3. The molecule has 19 heavy (non-hydrogen) atoms. The Balaban J connectivity index is 2.09. The fourth-order valence-corrected chi connectivity index (χ4v) is 2.05. The Morgan fingerprint density at radius 1 is 1.26 bits per heavy atom. The maximum Gasteiger partial charge on any atom is 0.321 e. The molecule has 1 saturated heterocycles. The second-order valence-corrected chi connectivity index (χ2v) is 4.43. The van der Waals surface area contributed by atoms with E-state index >= 15 is 0 Å².